The van der Waals surface area contributed by atoms with Crippen LogP contribution in [0, 0.1) is 0 Å². The average molecular weight is 416 g/mol. The van der Waals surface area contributed by atoms with Crippen LogP contribution in [0.4, 0.5) is 5.82 Å². The van der Waals surface area contributed by atoms with Crippen molar-refractivity contribution in [3.05, 3.63) is 60.7 Å². The molecule has 8 nitrogen and oxygen atoms in total. The zero-order valence-corrected chi connectivity index (χ0v) is 17.4. The summed E-state index contributed by atoms with van der Waals surface area (Å²) >= 11 is 0. The fourth-order valence-electron chi connectivity index (χ4n) is 3.89. The van der Waals surface area contributed by atoms with Crippen molar-refractivity contribution in [1.29, 1.82) is 0 Å². The van der Waals surface area contributed by atoms with Crippen LogP contribution >= 0.6 is 0 Å². The molecule has 0 aliphatic carbocycles. The van der Waals surface area contributed by atoms with Crippen LogP contribution in [0.5, 0.6) is 0 Å². The lowest BCUT2D eigenvalue weighted by atomic mass is 10.1. The molecular weight excluding hydrogens is 390 g/mol. The number of nitrogens with one attached hydrogen (secondary N) is 1. The minimum absolute atomic E-state index is 0.417. The Morgan fingerprint density at radius 1 is 1.13 bits per heavy atom. The number of anilines is 1. The molecule has 5 rings (SSSR count). The van der Waals surface area contributed by atoms with Gasteiger partial charge in [-0.3, -0.25) is 9.97 Å². The van der Waals surface area contributed by atoms with Crippen molar-refractivity contribution in [3.8, 4) is 17.1 Å². The van der Waals surface area contributed by atoms with E-state index in [9.17, 15) is 5.11 Å². The highest BCUT2D eigenvalue weighted by Crippen LogP contribution is 2.24. The fraction of sp³-hybridized carbons (Fsp3) is 0.304. The summed E-state index contributed by atoms with van der Waals surface area (Å²) in [6.45, 7) is 4.88. The Morgan fingerprint density at radius 3 is 2.94 bits per heavy atom. The van der Waals surface area contributed by atoms with E-state index in [2.05, 4.69) is 38.3 Å². The molecule has 1 aliphatic heterocycles. The molecule has 0 amide bonds. The summed E-state index contributed by atoms with van der Waals surface area (Å²) in [4.78, 5) is 15.9. The van der Waals surface area contributed by atoms with Gasteiger partial charge in [-0.15, -0.1) is 0 Å². The molecule has 1 unspecified atom stereocenters. The normalized spacial score (nSPS) is 17.1. The van der Waals surface area contributed by atoms with Crippen LogP contribution in [0.3, 0.4) is 0 Å². The lowest BCUT2D eigenvalue weighted by Gasteiger charge is -2.23. The van der Waals surface area contributed by atoms with E-state index in [0.717, 1.165) is 53.3 Å². The van der Waals surface area contributed by atoms with Crippen molar-refractivity contribution < 1.29 is 5.11 Å². The number of β-amino-alcohol motifs (C(OH)–C–C–N with tert-alkyl or cyclic N) is 1. The first-order valence-corrected chi connectivity index (χ1v) is 10.6. The van der Waals surface area contributed by atoms with Crippen LogP contribution in [0.1, 0.15) is 12.5 Å². The first-order valence-electron chi connectivity index (χ1n) is 10.6. The minimum Gasteiger partial charge on any atom is -0.390 e. The van der Waals surface area contributed by atoms with E-state index < -0.39 is 6.10 Å². The molecule has 1 atom stereocenters. The number of fused-ring (bicyclic) bond motifs is 1. The minimum atomic E-state index is -0.417. The number of aliphatic hydroxyl groups excluding tert-OH is 1. The Hall–Kier alpha value is -3.36. The van der Waals surface area contributed by atoms with E-state index in [-0.39, 0.29) is 0 Å². The Balaban J connectivity index is 1.53. The number of nitrogens with zero attached hydrogens (tertiary/aromatic N) is 6. The molecule has 8 heteroatoms. The maximum Gasteiger partial charge on any atom is 0.156 e. The Bertz CT molecular complexity index is 1210. The number of hydrogen-bond acceptors (Lipinski definition) is 7. The van der Waals surface area contributed by atoms with Crippen molar-refractivity contribution in [3.63, 3.8) is 0 Å². The zero-order valence-electron chi connectivity index (χ0n) is 17.4. The van der Waals surface area contributed by atoms with Crippen LogP contribution in [0.15, 0.2) is 55.1 Å². The highest BCUT2D eigenvalue weighted by Gasteiger charge is 2.18. The van der Waals surface area contributed by atoms with Crippen molar-refractivity contribution >= 4 is 16.7 Å². The highest BCUT2D eigenvalue weighted by molar-refractivity contribution is 5.83. The van der Waals surface area contributed by atoms with E-state index in [0.29, 0.717) is 13.1 Å². The smallest absolute Gasteiger partial charge is 0.156 e. The summed E-state index contributed by atoms with van der Waals surface area (Å²) in [6.07, 6.45) is 7.88. The quantitative estimate of drug-likeness (QED) is 0.528. The molecular formula is C23H25N7O. The largest absolute Gasteiger partial charge is 0.390 e. The second-order valence-corrected chi connectivity index (χ2v) is 7.78. The third kappa shape index (κ3) is 3.99. The van der Waals surface area contributed by atoms with Gasteiger partial charge in [0, 0.05) is 55.7 Å². The van der Waals surface area contributed by atoms with Gasteiger partial charge in [0.1, 0.15) is 5.82 Å². The molecule has 158 valence electrons. The predicted octanol–water partition coefficient (Wildman–Crippen LogP) is 2.21. The number of hydrogen-bond donors (Lipinski definition) is 2. The molecule has 4 aromatic rings. The third-order valence-corrected chi connectivity index (χ3v) is 5.58. The number of pyridine rings is 3. The van der Waals surface area contributed by atoms with Crippen LogP contribution < -0.4 is 10.2 Å². The van der Waals surface area contributed by atoms with E-state index in [1.54, 1.807) is 6.20 Å². The van der Waals surface area contributed by atoms with Crippen molar-refractivity contribution in [2.75, 3.05) is 31.1 Å². The number of aliphatic hydroxyl groups is 1. The van der Waals surface area contributed by atoms with Gasteiger partial charge < -0.3 is 15.3 Å². The van der Waals surface area contributed by atoms with Gasteiger partial charge in [-0.1, -0.05) is 13.0 Å². The molecule has 0 bridgehead atoms. The SMILES string of the molecule is CCc1cncc(-c2cc3c(cn2)cnn3-c2cccc(N3CCNCC(O)C3)n2)c1. The second-order valence-electron chi connectivity index (χ2n) is 7.78. The van der Waals surface area contributed by atoms with Gasteiger partial charge in [0.15, 0.2) is 5.82 Å². The monoisotopic (exact) mass is 415 g/mol. The molecule has 2 N–H and O–H groups in total. The fourth-order valence-corrected chi connectivity index (χ4v) is 3.89. The van der Waals surface area contributed by atoms with E-state index in [1.807, 2.05) is 47.5 Å². The predicted molar refractivity (Wildman–Crippen MR) is 120 cm³/mol. The Kier molecular flexibility index (Phi) is 5.31. The first-order chi connectivity index (χ1) is 15.2. The van der Waals surface area contributed by atoms with Crippen LogP contribution in [-0.2, 0) is 6.42 Å². The summed E-state index contributed by atoms with van der Waals surface area (Å²) < 4.78 is 1.84. The maximum atomic E-state index is 10.1. The molecule has 0 saturated carbocycles. The molecule has 0 spiro atoms. The van der Waals surface area contributed by atoms with Crippen molar-refractivity contribution in [2.24, 2.45) is 0 Å². The van der Waals surface area contributed by atoms with Gasteiger partial charge in [-0.05, 0) is 36.2 Å². The lowest BCUT2D eigenvalue weighted by molar-refractivity contribution is 0.184. The molecule has 1 saturated heterocycles. The molecule has 0 aromatic carbocycles. The van der Waals surface area contributed by atoms with Crippen molar-refractivity contribution in [1.82, 2.24) is 30.0 Å². The van der Waals surface area contributed by atoms with E-state index >= 15 is 0 Å². The molecule has 5 heterocycles. The molecule has 31 heavy (non-hydrogen) atoms. The summed E-state index contributed by atoms with van der Waals surface area (Å²) in [5, 5.41) is 18.9. The highest BCUT2D eigenvalue weighted by atomic mass is 16.3. The summed E-state index contributed by atoms with van der Waals surface area (Å²) in [5.74, 6) is 1.56. The first kappa shape index (κ1) is 19.6. The van der Waals surface area contributed by atoms with Gasteiger partial charge in [-0.2, -0.15) is 5.10 Å². The van der Waals surface area contributed by atoms with Gasteiger partial charge >= 0.3 is 0 Å². The van der Waals surface area contributed by atoms with Gasteiger partial charge in [0.25, 0.3) is 0 Å². The summed E-state index contributed by atoms with van der Waals surface area (Å²) in [6, 6.07) is 10.1. The topological polar surface area (TPSA) is 92.0 Å². The van der Waals surface area contributed by atoms with Gasteiger partial charge in [0.05, 0.1) is 23.5 Å². The Labute approximate surface area is 180 Å². The Morgan fingerprint density at radius 2 is 2.03 bits per heavy atom. The lowest BCUT2D eigenvalue weighted by Crippen LogP contribution is -2.33. The van der Waals surface area contributed by atoms with E-state index in [4.69, 9.17) is 4.98 Å². The maximum absolute atomic E-state index is 10.1. The standard InChI is InChI=1S/C23H25N7O/c1-2-16-8-17(11-25-10-16)20-9-21-18(12-26-20)13-27-30(21)23-5-3-4-22(28-23)29-7-6-24-14-19(31)15-29/h3-5,8-13,19,24,31H,2,6-7,14-15H2,1H3. The summed E-state index contributed by atoms with van der Waals surface area (Å²) in [5.41, 5.74) is 3.96. The second kappa shape index (κ2) is 8.41. The molecule has 0 radical (unpaired) electrons. The van der Waals surface area contributed by atoms with Crippen LogP contribution in [-0.4, -0.2) is 62.1 Å². The van der Waals surface area contributed by atoms with Gasteiger partial charge in [-0.25, -0.2) is 9.67 Å². The van der Waals surface area contributed by atoms with Crippen molar-refractivity contribution in [2.45, 2.75) is 19.4 Å². The van der Waals surface area contributed by atoms with Crippen LogP contribution in [0.2, 0.25) is 0 Å². The summed E-state index contributed by atoms with van der Waals surface area (Å²) in [7, 11) is 0. The van der Waals surface area contributed by atoms with Crippen LogP contribution in [0.25, 0.3) is 28.0 Å². The average Bonchev–Trinajstić information content (AvgIpc) is 3.12. The zero-order chi connectivity index (χ0) is 21.2. The number of aryl methyl sites for hydroxylation is 1. The van der Waals surface area contributed by atoms with Gasteiger partial charge in [0.2, 0.25) is 0 Å². The van der Waals surface area contributed by atoms with E-state index in [1.165, 1.54) is 5.56 Å². The molecule has 1 fully saturated rings. The molecule has 4 aromatic heterocycles. The molecule has 1 aliphatic rings. The number of aromatic nitrogens is 5. The number of rotatable bonds is 4. The third-order valence-electron chi connectivity index (χ3n) is 5.58.